The highest BCUT2D eigenvalue weighted by Crippen LogP contribution is 2.26. The molecule has 0 spiro atoms. The Balaban J connectivity index is 2.00. The number of hydrogen-bond acceptors (Lipinski definition) is 4. The summed E-state index contributed by atoms with van der Waals surface area (Å²) < 4.78 is 5.35. The van der Waals surface area contributed by atoms with Crippen LogP contribution in [0.4, 0.5) is 0 Å². The fourth-order valence-corrected chi connectivity index (χ4v) is 2.02. The molecule has 0 saturated carbocycles. The maximum atomic E-state index is 9.63. The lowest BCUT2D eigenvalue weighted by molar-refractivity contribution is -0.884. The Hall–Kier alpha value is -1.75. The Morgan fingerprint density at radius 2 is 2.16 bits per heavy atom. The zero-order valence-electron chi connectivity index (χ0n) is 11.6. The molecule has 0 bridgehead atoms. The summed E-state index contributed by atoms with van der Waals surface area (Å²) in [4.78, 5) is 1.55. The van der Waals surface area contributed by atoms with Gasteiger partial charge < -0.3 is 14.7 Å². The van der Waals surface area contributed by atoms with E-state index in [9.17, 15) is 5.11 Å². The molecule has 1 saturated heterocycles. The van der Waals surface area contributed by atoms with Crippen LogP contribution in [-0.2, 0) is 0 Å². The number of benzene rings is 1. The number of piperazine rings is 1. The minimum Gasteiger partial charge on any atom is -0.504 e. The minimum atomic E-state index is 0.169. The van der Waals surface area contributed by atoms with Gasteiger partial charge in [0.25, 0.3) is 0 Å². The lowest BCUT2D eigenvalue weighted by Gasteiger charge is -2.27. The molecule has 0 aromatic heterocycles. The van der Waals surface area contributed by atoms with Crippen LogP contribution in [0.25, 0.3) is 0 Å². The van der Waals surface area contributed by atoms with Crippen molar-refractivity contribution in [1.82, 2.24) is 5.01 Å². The number of rotatable bonds is 4. The van der Waals surface area contributed by atoms with E-state index in [0.717, 1.165) is 31.7 Å². The fourth-order valence-electron chi connectivity index (χ4n) is 2.02. The number of hydrazone groups is 1. The second-order valence-corrected chi connectivity index (χ2v) is 4.82. The van der Waals surface area contributed by atoms with E-state index in [1.165, 1.54) is 0 Å². The molecule has 1 heterocycles. The molecule has 0 radical (unpaired) electrons. The van der Waals surface area contributed by atoms with Crippen LogP contribution in [0.1, 0.15) is 12.5 Å². The van der Waals surface area contributed by atoms with Crippen LogP contribution in [0.3, 0.4) is 0 Å². The van der Waals surface area contributed by atoms with Gasteiger partial charge in [0.15, 0.2) is 11.5 Å². The first-order valence-corrected chi connectivity index (χ1v) is 6.75. The van der Waals surface area contributed by atoms with Crippen LogP contribution in [0.15, 0.2) is 23.3 Å². The Labute approximate surface area is 114 Å². The van der Waals surface area contributed by atoms with E-state index >= 15 is 0 Å². The molecule has 0 amide bonds. The Morgan fingerprint density at radius 1 is 1.42 bits per heavy atom. The maximum absolute atomic E-state index is 9.63. The number of aromatic hydroxyl groups is 1. The smallest absolute Gasteiger partial charge is 0.161 e. The number of quaternary nitrogens is 1. The zero-order chi connectivity index (χ0) is 13.7. The third-order valence-electron chi connectivity index (χ3n) is 3.25. The molecule has 0 atom stereocenters. The quantitative estimate of drug-likeness (QED) is 0.750. The molecule has 0 unspecified atom stereocenters. The second kappa shape index (κ2) is 6.43. The van der Waals surface area contributed by atoms with Crippen LogP contribution in [0.2, 0.25) is 0 Å². The molecule has 5 heteroatoms. The number of nitrogens with zero attached hydrogens (tertiary/aromatic N) is 2. The van der Waals surface area contributed by atoms with Crippen molar-refractivity contribution in [2.24, 2.45) is 5.10 Å². The molecule has 1 aromatic rings. The number of ether oxygens (including phenoxy) is 1. The van der Waals surface area contributed by atoms with Crippen molar-refractivity contribution in [2.75, 3.05) is 39.8 Å². The van der Waals surface area contributed by atoms with E-state index in [-0.39, 0.29) is 5.75 Å². The first-order chi connectivity index (χ1) is 9.19. The lowest BCUT2D eigenvalue weighted by atomic mass is 10.2. The molecule has 19 heavy (non-hydrogen) atoms. The molecule has 1 aliphatic rings. The van der Waals surface area contributed by atoms with Gasteiger partial charge in [-0.15, -0.1) is 0 Å². The summed E-state index contributed by atoms with van der Waals surface area (Å²) in [6.07, 6.45) is 1.82. The number of hydrogen-bond donors (Lipinski definition) is 2. The van der Waals surface area contributed by atoms with Gasteiger partial charge in [-0.3, -0.25) is 5.01 Å². The third kappa shape index (κ3) is 3.86. The fraction of sp³-hybridized carbons (Fsp3) is 0.500. The lowest BCUT2D eigenvalue weighted by Crippen LogP contribution is -3.11. The van der Waals surface area contributed by atoms with Crippen molar-refractivity contribution in [2.45, 2.75) is 6.92 Å². The summed E-state index contributed by atoms with van der Waals surface area (Å²) in [6.45, 7) is 6.65. The summed E-state index contributed by atoms with van der Waals surface area (Å²) >= 11 is 0. The van der Waals surface area contributed by atoms with Gasteiger partial charge in [-0.05, 0) is 30.7 Å². The summed E-state index contributed by atoms with van der Waals surface area (Å²) in [7, 11) is 2.20. The van der Waals surface area contributed by atoms with Crippen LogP contribution in [0, 0.1) is 0 Å². The molecule has 2 N–H and O–H groups in total. The maximum Gasteiger partial charge on any atom is 0.161 e. The second-order valence-electron chi connectivity index (χ2n) is 4.82. The largest absolute Gasteiger partial charge is 0.504 e. The average molecular weight is 264 g/mol. The molecular formula is C14H22N3O2+. The molecule has 1 fully saturated rings. The van der Waals surface area contributed by atoms with Crippen molar-refractivity contribution >= 4 is 6.21 Å². The monoisotopic (exact) mass is 264 g/mol. The normalized spacial score (nSPS) is 17.1. The predicted octanol–water partition coefficient (Wildman–Crippen LogP) is -0.0449. The van der Waals surface area contributed by atoms with Gasteiger partial charge in [-0.25, -0.2) is 0 Å². The topological polar surface area (TPSA) is 49.5 Å². The van der Waals surface area contributed by atoms with Gasteiger partial charge in [0.1, 0.15) is 0 Å². The van der Waals surface area contributed by atoms with Crippen LogP contribution < -0.4 is 9.64 Å². The summed E-state index contributed by atoms with van der Waals surface area (Å²) in [5, 5.41) is 16.2. The van der Waals surface area contributed by atoms with E-state index in [1.807, 2.05) is 25.3 Å². The minimum absolute atomic E-state index is 0.169. The van der Waals surface area contributed by atoms with E-state index in [2.05, 4.69) is 17.2 Å². The summed E-state index contributed by atoms with van der Waals surface area (Å²) in [6, 6.07) is 5.28. The highest BCUT2D eigenvalue weighted by Gasteiger charge is 2.14. The Bertz CT molecular complexity index is 440. The van der Waals surface area contributed by atoms with Crippen LogP contribution in [-0.4, -0.2) is 56.2 Å². The molecule has 5 nitrogen and oxygen atoms in total. The van der Waals surface area contributed by atoms with Crippen molar-refractivity contribution in [3.8, 4) is 11.5 Å². The van der Waals surface area contributed by atoms with E-state index in [1.54, 1.807) is 11.0 Å². The van der Waals surface area contributed by atoms with Crippen LogP contribution in [0.5, 0.6) is 11.5 Å². The molecule has 0 aliphatic carbocycles. The van der Waals surface area contributed by atoms with Gasteiger partial charge in [-0.1, -0.05) is 0 Å². The first kappa shape index (κ1) is 13.7. The molecule has 1 aliphatic heterocycles. The molecule has 2 rings (SSSR count). The van der Waals surface area contributed by atoms with Crippen molar-refractivity contribution in [1.29, 1.82) is 0 Å². The zero-order valence-corrected chi connectivity index (χ0v) is 11.6. The van der Waals surface area contributed by atoms with E-state index < -0.39 is 0 Å². The van der Waals surface area contributed by atoms with Gasteiger partial charge in [0.2, 0.25) is 0 Å². The molecule has 104 valence electrons. The van der Waals surface area contributed by atoms with Gasteiger partial charge >= 0.3 is 0 Å². The summed E-state index contributed by atoms with van der Waals surface area (Å²) in [5.41, 5.74) is 0.938. The predicted molar refractivity (Wildman–Crippen MR) is 75.1 cm³/mol. The third-order valence-corrected chi connectivity index (χ3v) is 3.25. The number of phenols is 1. The molecular weight excluding hydrogens is 242 g/mol. The van der Waals surface area contributed by atoms with Crippen molar-refractivity contribution in [3.05, 3.63) is 23.8 Å². The van der Waals surface area contributed by atoms with Crippen molar-refractivity contribution in [3.63, 3.8) is 0 Å². The number of phenolic OH excluding ortho intramolecular Hbond substituents is 1. The Kier molecular flexibility index (Phi) is 4.63. The highest BCUT2D eigenvalue weighted by molar-refractivity contribution is 5.80. The number of nitrogens with one attached hydrogen (secondary N) is 1. The number of likely N-dealkylation sites (N-methyl/N-ethyl adjacent to an activating group) is 1. The van der Waals surface area contributed by atoms with Gasteiger partial charge in [-0.2, -0.15) is 5.10 Å². The Morgan fingerprint density at radius 3 is 2.84 bits per heavy atom. The van der Waals surface area contributed by atoms with Gasteiger partial charge in [0.05, 0.1) is 46.0 Å². The first-order valence-electron chi connectivity index (χ1n) is 6.75. The van der Waals surface area contributed by atoms with Gasteiger partial charge in [0, 0.05) is 0 Å². The van der Waals surface area contributed by atoms with E-state index in [0.29, 0.717) is 12.4 Å². The molecule has 1 aromatic carbocycles. The van der Waals surface area contributed by atoms with Crippen molar-refractivity contribution < 1.29 is 14.7 Å². The summed E-state index contributed by atoms with van der Waals surface area (Å²) in [5.74, 6) is 0.677. The SMILES string of the molecule is CCOc1cc(/C=N/N2CC[NH+](C)CC2)ccc1O. The highest BCUT2D eigenvalue weighted by atomic mass is 16.5. The van der Waals surface area contributed by atoms with Crippen LogP contribution >= 0.6 is 0 Å². The van der Waals surface area contributed by atoms with E-state index in [4.69, 9.17) is 4.74 Å². The standard InChI is InChI=1S/C14H21N3O2/c1-3-19-14-10-12(4-5-13(14)18)11-15-17-8-6-16(2)7-9-17/h4-5,10-11,18H,3,6-9H2,1-2H3/p+1/b15-11+. The average Bonchev–Trinajstić information content (AvgIpc) is 2.42.